The summed E-state index contributed by atoms with van der Waals surface area (Å²) >= 11 is 0. The number of carbonyl (C=O) groups is 3. The second kappa shape index (κ2) is 5.45. The molecule has 0 aromatic carbocycles. The Bertz CT molecular complexity index is 302. The minimum absolute atomic E-state index is 0.150. The lowest BCUT2D eigenvalue weighted by molar-refractivity contribution is -0.148. The van der Waals surface area contributed by atoms with E-state index in [-0.39, 0.29) is 13.2 Å². The topological polar surface area (TPSA) is 102 Å². The van der Waals surface area contributed by atoms with Crippen molar-refractivity contribution >= 4 is 17.8 Å². The minimum atomic E-state index is -1.10. The predicted molar refractivity (Wildman–Crippen MR) is 50.1 cm³/mol. The number of amides is 1. The Hall–Kier alpha value is -1.63. The Morgan fingerprint density at radius 2 is 2.31 bits per heavy atom. The molecule has 1 amide bonds. The monoisotopic (exact) mass is 231 g/mol. The van der Waals surface area contributed by atoms with Crippen molar-refractivity contribution in [1.29, 1.82) is 0 Å². The van der Waals surface area contributed by atoms with Crippen LogP contribution >= 0.6 is 0 Å². The van der Waals surface area contributed by atoms with E-state index in [1.165, 1.54) is 0 Å². The van der Waals surface area contributed by atoms with E-state index in [9.17, 15) is 19.5 Å². The normalized spacial score (nSPS) is 23.8. The summed E-state index contributed by atoms with van der Waals surface area (Å²) in [5, 5.41) is 11.5. The number of aliphatic hydroxyl groups is 1. The maximum absolute atomic E-state index is 11.2. The van der Waals surface area contributed by atoms with E-state index in [0.29, 0.717) is 0 Å². The molecule has 1 rings (SSSR count). The lowest BCUT2D eigenvalue weighted by Crippen LogP contribution is -2.45. The van der Waals surface area contributed by atoms with Crippen LogP contribution in [0.5, 0.6) is 0 Å². The van der Waals surface area contributed by atoms with Crippen LogP contribution in [0.2, 0.25) is 0 Å². The van der Waals surface area contributed by atoms with E-state index in [1.54, 1.807) is 6.92 Å². The van der Waals surface area contributed by atoms with Gasteiger partial charge in [0.05, 0.1) is 6.61 Å². The zero-order valence-corrected chi connectivity index (χ0v) is 8.76. The highest BCUT2D eigenvalue weighted by molar-refractivity contribution is 5.96. The van der Waals surface area contributed by atoms with Crippen molar-refractivity contribution in [1.82, 2.24) is 5.32 Å². The first kappa shape index (κ1) is 12.4. The maximum Gasteiger partial charge on any atom is 0.331 e. The molecule has 1 saturated heterocycles. The molecule has 2 N–H and O–H groups in total. The zero-order valence-electron chi connectivity index (χ0n) is 8.76. The van der Waals surface area contributed by atoms with Crippen LogP contribution in [-0.4, -0.2) is 48.3 Å². The van der Waals surface area contributed by atoms with Gasteiger partial charge in [-0.05, 0) is 6.92 Å². The standard InChI is InChI=1S/C9H13NO6/c1-2-15-7(13)3-6(12)10-8-5(11)4-16-9(8)14/h5,8,11H,2-4H2,1H3,(H,10,12)/t5-,8-/m1/s1. The van der Waals surface area contributed by atoms with Crippen LogP contribution in [0.1, 0.15) is 13.3 Å². The first-order chi connectivity index (χ1) is 7.54. The van der Waals surface area contributed by atoms with Crippen LogP contribution in [0.25, 0.3) is 0 Å². The van der Waals surface area contributed by atoms with Crippen molar-refractivity contribution in [3.63, 3.8) is 0 Å². The molecule has 0 aliphatic carbocycles. The van der Waals surface area contributed by atoms with Gasteiger partial charge in [-0.1, -0.05) is 0 Å². The van der Waals surface area contributed by atoms with Gasteiger partial charge in [0, 0.05) is 0 Å². The number of hydrogen-bond acceptors (Lipinski definition) is 6. The predicted octanol–water partition coefficient (Wildman–Crippen LogP) is -1.66. The third-order valence-electron chi connectivity index (χ3n) is 1.96. The van der Waals surface area contributed by atoms with E-state index in [2.05, 4.69) is 14.8 Å². The number of nitrogens with one attached hydrogen (secondary N) is 1. The molecule has 0 aromatic rings. The quantitative estimate of drug-likeness (QED) is 0.443. The number of hydrogen-bond donors (Lipinski definition) is 2. The summed E-state index contributed by atoms with van der Waals surface area (Å²) in [6, 6.07) is -1.10. The Kier molecular flexibility index (Phi) is 4.24. The summed E-state index contributed by atoms with van der Waals surface area (Å²) in [4.78, 5) is 33.2. The smallest absolute Gasteiger partial charge is 0.331 e. The van der Waals surface area contributed by atoms with E-state index < -0.39 is 36.4 Å². The molecule has 16 heavy (non-hydrogen) atoms. The van der Waals surface area contributed by atoms with Crippen LogP contribution in [0.4, 0.5) is 0 Å². The molecule has 0 saturated carbocycles. The van der Waals surface area contributed by atoms with Gasteiger partial charge in [0.1, 0.15) is 19.1 Å². The minimum Gasteiger partial charge on any atom is -0.466 e. The number of rotatable bonds is 4. The number of aliphatic hydroxyl groups excluding tert-OH is 1. The van der Waals surface area contributed by atoms with Crippen LogP contribution in [0.3, 0.4) is 0 Å². The molecule has 2 atom stereocenters. The van der Waals surface area contributed by atoms with Crippen LogP contribution in [0.15, 0.2) is 0 Å². The highest BCUT2D eigenvalue weighted by atomic mass is 16.6. The Morgan fingerprint density at radius 1 is 1.62 bits per heavy atom. The average molecular weight is 231 g/mol. The fraction of sp³-hybridized carbons (Fsp3) is 0.667. The van der Waals surface area contributed by atoms with Crippen LogP contribution in [0, 0.1) is 0 Å². The summed E-state index contributed by atoms with van der Waals surface area (Å²) in [5.74, 6) is -2.06. The van der Waals surface area contributed by atoms with Crippen molar-refractivity contribution in [2.75, 3.05) is 13.2 Å². The Balaban J connectivity index is 2.39. The number of cyclic esters (lactones) is 1. The summed E-state index contributed by atoms with van der Waals surface area (Å²) in [5.41, 5.74) is 0. The molecule has 7 nitrogen and oxygen atoms in total. The molecule has 1 heterocycles. The number of carbonyl (C=O) groups excluding carboxylic acids is 3. The van der Waals surface area contributed by atoms with E-state index in [4.69, 9.17) is 0 Å². The summed E-state index contributed by atoms with van der Waals surface area (Å²) in [7, 11) is 0. The fourth-order valence-corrected chi connectivity index (χ4v) is 1.23. The van der Waals surface area contributed by atoms with Gasteiger partial charge in [0.2, 0.25) is 5.91 Å². The second-order valence-electron chi connectivity index (χ2n) is 3.22. The summed E-state index contributed by atoms with van der Waals surface area (Å²) in [6.45, 7) is 1.65. The number of ether oxygens (including phenoxy) is 2. The summed E-state index contributed by atoms with van der Waals surface area (Å²) in [6.07, 6.45) is -1.55. The van der Waals surface area contributed by atoms with Gasteiger partial charge in [-0.25, -0.2) is 4.79 Å². The van der Waals surface area contributed by atoms with Gasteiger partial charge in [0.25, 0.3) is 0 Å². The van der Waals surface area contributed by atoms with E-state index >= 15 is 0 Å². The Morgan fingerprint density at radius 3 is 2.81 bits per heavy atom. The SMILES string of the molecule is CCOC(=O)CC(=O)N[C@H]1C(=O)OC[C@H]1O. The van der Waals surface area contributed by atoms with Gasteiger partial charge in [-0.2, -0.15) is 0 Å². The fourth-order valence-electron chi connectivity index (χ4n) is 1.23. The molecule has 1 fully saturated rings. The molecule has 1 aliphatic rings. The lowest BCUT2D eigenvalue weighted by atomic mass is 10.2. The van der Waals surface area contributed by atoms with Crippen LogP contribution in [-0.2, 0) is 23.9 Å². The molecule has 0 bridgehead atoms. The molecule has 0 unspecified atom stereocenters. The van der Waals surface area contributed by atoms with Gasteiger partial charge in [0.15, 0.2) is 6.04 Å². The third kappa shape index (κ3) is 3.20. The lowest BCUT2D eigenvalue weighted by Gasteiger charge is -2.11. The first-order valence-corrected chi connectivity index (χ1v) is 4.84. The molecule has 0 spiro atoms. The van der Waals surface area contributed by atoms with Crippen molar-refractivity contribution in [3.8, 4) is 0 Å². The Labute approximate surface area is 91.7 Å². The van der Waals surface area contributed by atoms with E-state index in [1.807, 2.05) is 0 Å². The summed E-state index contributed by atoms with van der Waals surface area (Å²) < 4.78 is 9.06. The van der Waals surface area contributed by atoms with Gasteiger partial charge in [-0.3, -0.25) is 9.59 Å². The molecule has 1 aliphatic heterocycles. The third-order valence-corrected chi connectivity index (χ3v) is 1.96. The molecular formula is C9H13NO6. The highest BCUT2D eigenvalue weighted by Crippen LogP contribution is 2.07. The van der Waals surface area contributed by atoms with Gasteiger partial charge in [-0.15, -0.1) is 0 Å². The molecule has 0 aromatic heterocycles. The average Bonchev–Trinajstić information content (AvgIpc) is 2.49. The zero-order chi connectivity index (χ0) is 12.1. The first-order valence-electron chi connectivity index (χ1n) is 4.84. The van der Waals surface area contributed by atoms with Gasteiger partial charge >= 0.3 is 11.9 Å². The van der Waals surface area contributed by atoms with Gasteiger partial charge < -0.3 is 19.9 Å². The van der Waals surface area contributed by atoms with E-state index in [0.717, 1.165) is 0 Å². The molecular weight excluding hydrogens is 218 g/mol. The molecule has 0 radical (unpaired) electrons. The van der Waals surface area contributed by atoms with Crippen molar-refractivity contribution in [3.05, 3.63) is 0 Å². The highest BCUT2D eigenvalue weighted by Gasteiger charge is 2.36. The largest absolute Gasteiger partial charge is 0.466 e. The molecule has 7 heteroatoms. The van der Waals surface area contributed by atoms with Crippen molar-refractivity contribution in [2.24, 2.45) is 0 Å². The second-order valence-corrected chi connectivity index (χ2v) is 3.22. The number of esters is 2. The molecule has 90 valence electrons. The van der Waals surface area contributed by atoms with Crippen LogP contribution < -0.4 is 5.32 Å². The van der Waals surface area contributed by atoms with Crippen molar-refractivity contribution < 1.29 is 29.0 Å². The maximum atomic E-state index is 11.2. The van der Waals surface area contributed by atoms with Crippen molar-refractivity contribution in [2.45, 2.75) is 25.5 Å².